The quantitative estimate of drug-likeness (QED) is 0.629. The lowest BCUT2D eigenvalue weighted by Gasteiger charge is -2.32. The van der Waals surface area contributed by atoms with Gasteiger partial charge in [-0.05, 0) is 43.0 Å². The average molecular weight is 454 g/mol. The van der Waals surface area contributed by atoms with Crippen molar-refractivity contribution < 1.29 is 19.1 Å². The van der Waals surface area contributed by atoms with Gasteiger partial charge in [0.25, 0.3) is 0 Å². The zero-order valence-electron chi connectivity index (χ0n) is 17.6. The van der Waals surface area contributed by atoms with Crippen LogP contribution >= 0.6 is 11.6 Å². The van der Waals surface area contributed by atoms with Crippen molar-refractivity contribution in [1.29, 1.82) is 0 Å². The van der Waals surface area contributed by atoms with E-state index in [0.717, 1.165) is 12.8 Å². The fourth-order valence-corrected chi connectivity index (χ4v) is 4.07. The summed E-state index contributed by atoms with van der Waals surface area (Å²) in [5, 5.41) is 6.30. The molecule has 2 aromatic carbocycles. The Morgan fingerprint density at radius 3 is 2.62 bits per heavy atom. The molecule has 0 aliphatic carbocycles. The maximum atomic E-state index is 12.8. The zero-order chi connectivity index (χ0) is 22.7. The van der Waals surface area contributed by atoms with E-state index in [1.54, 1.807) is 24.3 Å². The molecule has 0 radical (unpaired) electrons. The van der Waals surface area contributed by atoms with Crippen molar-refractivity contribution in [3.05, 3.63) is 82.0 Å². The highest BCUT2D eigenvalue weighted by molar-refractivity contribution is 6.30. The number of hydrogen-bond acceptors (Lipinski definition) is 4. The maximum absolute atomic E-state index is 12.8. The molecule has 0 unspecified atom stereocenters. The van der Waals surface area contributed by atoms with Crippen molar-refractivity contribution in [2.24, 2.45) is 0 Å². The van der Waals surface area contributed by atoms with Gasteiger partial charge in [0.1, 0.15) is 13.2 Å². The van der Waals surface area contributed by atoms with Gasteiger partial charge in [-0.3, -0.25) is 9.69 Å². The third-order valence-corrected chi connectivity index (χ3v) is 5.87. The predicted molar refractivity (Wildman–Crippen MR) is 120 cm³/mol. The first-order valence-corrected chi connectivity index (χ1v) is 10.9. The van der Waals surface area contributed by atoms with Crippen LogP contribution < -0.4 is 10.6 Å². The summed E-state index contributed by atoms with van der Waals surface area (Å²) in [5.41, 5.74) is 2.68. The number of cyclic esters (lactones) is 1. The Hall–Kier alpha value is -3.32. The van der Waals surface area contributed by atoms with Gasteiger partial charge < -0.3 is 15.4 Å². The van der Waals surface area contributed by atoms with E-state index in [1.165, 1.54) is 10.5 Å². The number of benzene rings is 2. The Morgan fingerprint density at radius 1 is 1.19 bits per heavy atom. The first-order valence-electron chi connectivity index (χ1n) is 10.5. The number of nitrogens with zero attached hydrogens (tertiary/aromatic N) is 1. The number of aryl methyl sites for hydroxylation is 1. The van der Waals surface area contributed by atoms with Gasteiger partial charge in [-0.1, -0.05) is 54.1 Å². The lowest BCUT2D eigenvalue weighted by Crippen LogP contribution is -2.51. The first kappa shape index (κ1) is 21.9. The third kappa shape index (κ3) is 4.78. The molecule has 0 fully saturated rings. The van der Waals surface area contributed by atoms with Crippen molar-refractivity contribution in [2.45, 2.75) is 31.8 Å². The van der Waals surface area contributed by atoms with Gasteiger partial charge in [-0.15, -0.1) is 0 Å². The van der Waals surface area contributed by atoms with Crippen LogP contribution in [-0.2, 0) is 20.7 Å². The molecule has 3 amide bonds. The standard InChI is InChI=1S/C24H24ClN3O4/c1-15(7-8-16-5-3-2-4-6-16)26-20(29)13-28-19-14-32-23(30)21(19)22(27-24(28)31)17-9-11-18(25)12-10-17/h2-6,9-12,15,22H,7-8,13-14H2,1H3,(H,26,29)(H,27,31)/t15-,22-/m1/s1. The smallest absolute Gasteiger partial charge is 0.338 e. The summed E-state index contributed by atoms with van der Waals surface area (Å²) in [5.74, 6) is -0.793. The number of halogens is 1. The average Bonchev–Trinajstić information content (AvgIpc) is 3.17. The second kappa shape index (κ2) is 9.44. The Bertz CT molecular complexity index is 1050. The van der Waals surface area contributed by atoms with Crippen LogP contribution in [-0.4, -0.2) is 42.0 Å². The molecule has 0 saturated heterocycles. The Morgan fingerprint density at radius 2 is 1.91 bits per heavy atom. The Balaban J connectivity index is 1.43. The number of hydrogen-bond donors (Lipinski definition) is 2. The fraction of sp³-hybridized carbons (Fsp3) is 0.292. The highest BCUT2D eigenvalue weighted by atomic mass is 35.5. The largest absolute Gasteiger partial charge is 0.456 e. The lowest BCUT2D eigenvalue weighted by molar-refractivity contribution is -0.136. The summed E-state index contributed by atoms with van der Waals surface area (Å²) in [6, 6.07) is 15.8. The molecule has 4 rings (SSSR count). The minimum Gasteiger partial charge on any atom is -0.456 e. The molecule has 0 bridgehead atoms. The van der Waals surface area contributed by atoms with Crippen LogP contribution in [0, 0.1) is 0 Å². The molecule has 32 heavy (non-hydrogen) atoms. The molecule has 0 spiro atoms. The van der Waals surface area contributed by atoms with Crippen molar-refractivity contribution in [3.8, 4) is 0 Å². The summed E-state index contributed by atoms with van der Waals surface area (Å²) in [6.45, 7) is 1.70. The second-order valence-corrected chi connectivity index (χ2v) is 8.39. The van der Waals surface area contributed by atoms with Crippen LogP contribution in [0.4, 0.5) is 4.79 Å². The highest BCUT2D eigenvalue weighted by Gasteiger charge is 2.42. The number of urea groups is 1. The van der Waals surface area contributed by atoms with E-state index in [0.29, 0.717) is 21.9 Å². The van der Waals surface area contributed by atoms with E-state index in [2.05, 4.69) is 22.8 Å². The molecule has 2 aliphatic heterocycles. The SMILES string of the molecule is C[C@H](CCc1ccccc1)NC(=O)CN1C(=O)N[C@H](c2ccc(Cl)cc2)C2=C1COC2=O. The van der Waals surface area contributed by atoms with E-state index in [9.17, 15) is 14.4 Å². The molecule has 8 heteroatoms. The molecule has 7 nitrogen and oxygen atoms in total. The minimum atomic E-state index is -0.645. The molecule has 2 aromatic rings. The molecule has 2 heterocycles. The number of ether oxygens (including phenoxy) is 1. The van der Waals surface area contributed by atoms with Crippen molar-refractivity contribution in [3.63, 3.8) is 0 Å². The van der Waals surface area contributed by atoms with E-state index in [4.69, 9.17) is 16.3 Å². The summed E-state index contributed by atoms with van der Waals surface area (Å²) in [6.07, 6.45) is 1.61. The van der Waals surface area contributed by atoms with Crippen LogP contribution in [0.15, 0.2) is 65.9 Å². The van der Waals surface area contributed by atoms with Crippen molar-refractivity contribution >= 4 is 29.5 Å². The third-order valence-electron chi connectivity index (χ3n) is 5.62. The number of rotatable bonds is 7. The van der Waals surface area contributed by atoms with Gasteiger partial charge in [0.2, 0.25) is 5.91 Å². The second-order valence-electron chi connectivity index (χ2n) is 7.95. The minimum absolute atomic E-state index is 0.0392. The Kier molecular flexibility index (Phi) is 6.46. The van der Waals surface area contributed by atoms with Gasteiger partial charge in [-0.2, -0.15) is 0 Å². The maximum Gasteiger partial charge on any atom is 0.338 e. The Labute approximate surface area is 191 Å². The number of carbonyl (C=O) groups excluding carboxylic acids is 3. The predicted octanol–water partition coefficient (Wildman–Crippen LogP) is 3.35. The highest BCUT2D eigenvalue weighted by Crippen LogP contribution is 2.35. The number of esters is 1. The van der Waals surface area contributed by atoms with Gasteiger partial charge >= 0.3 is 12.0 Å². The van der Waals surface area contributed by atoms with Crippen molar-refractivity contribution in [1.82, 2.24) is 15.5 Å². The number of nitrogens with one attached hydrogen (secondary N) is 2. The summed E-state index contributed by atoms with van der Waals surface area (Å²) in [7, 11) is 0. The molecule has 2 aliphatic rings. The number of carbonyl (C=O) groups is 3. The molecule has 0 saturated carbocycles. The number of amides is 3. The van der Waals surface area contributed by atoms with Gasteiger partial charge in [0.05, 0.1) is 17.3 Å². The van der Waals surface area contributed by atoms with Crippen LogP contribution in [0.25, 0.3) is 0 Å². The molecule has 2 N–H and O–H groups in total. The fourth-order valence-electron chi connectivity index (χ4n) is 3.95. The summed E-state index contributed by atoms with van der Waals surface area (Å²) in [4.78, 5) is 39.2. The normalized spacial score (nSPS) is 18.7. The van der Waals surface area contributed by atoms with Crippen LogP contribution in [0.2, 0.25) is 5.02 Å². The first-order chi connectivity index (χ1) is 15.4. The van der Waals surface area contributed by atoms with E-state index < -0.39 is 18.0 Å². The van der Waals surface area contributed by atoms with Crippen LogP contribution in [0.1, 0.15) is 30.5 Å². The lowest BCUT2D eigenvalue weighted by atomic mass is 9.96. The van der Waals surface area contributed by atoms with E-state index in [1.807, 2.05) is 25.1 Å². The van der Waals surface area contributed by atoms with E-state index >= 15 is 0 Å². The summed E-state index contributed by atoms with van der Waals surface area (Å²) >= 11 is 5.95. The molecular formula is C24H24ClN3O4. The van der Waals surface area contributed by atoms with Crippen molar-refractivity contribution in [2.75, 3.05) is 13.2 Å². The van der Waals surface area contributed by atoms with Gasteiger partial charge in [-0.25, -0.2) is 9.59 Å². The van der Waals surface area contributed by atoms with Crippen LogP contribution in [0.5, 0.6) is 0 Å². The van der Waals surface area contributed by atoms with Gasteiger partial charge in [0.15, 0.2) is 0 Å². The van der Waals surface area contributed by atoms with E-state index in [-0.39, 0.29) is 25.1 Å². The summed E-state index contributed by atoms with van der Waals surface area (Å²) < 4.78 is 5.20. The molecule has 166 valence electrons. The topological polar surface area (TPSA) is 87.7 Å². The monoisotopic (exact) mass is 453 g/mol. The van der Waals surface area contributed by atoms with Crippen LogP contribution in [0.3, 0.4) is 0 Å². The molecule has 0 aromatic heterocycles. The van der Waals surface area contributed by atoms with Gasteiger partial charge in [0, 0.05) is 11.1 Å². The molecule has 2 atom stereocenters. The zero-order valence-corrected chi connectivity index (χ0v) is 18.4. The molecular weight excluding hydrogens is 430 g/mol.